The summed E-state index contributed by atoms with van der Waals surface area (Å²) in [6.07, 6.45) is 5.46. The normalized spacial score (nSPS) is 20.9. The van der Waals surface area contributed by atoms with Crippen molar-refractivity contribution in [1.82, 2.24) is 15.2 Å². The highest BCUT2D eigenvalue weighted by atomic mass is 16.5. The molecule has 0 amide bonds. The van der Waals surface area contributed by atoms with Crippen molar-refractivity contribution in [2.75, 3.05) is 26.2 Å². The predicted molar refractivity (Wildman–Crippen MR) is 62.7 cm³/mol. The molecule has 0 saturated carbocycles. The van der Waals surface area contributed by atoms with Crippen molar-refractivity contribution in [3.05, 3.63) is 42.9 Å². The topological polar surface area (TPSA) is 37.4 Å². The molecule has 4 heteroatoms. The second kappa shape index (κ2) is 5.63. The molecule has 1 atom stereocenters. The first kappa shape index (κ1) is 11.1. The Morgan fingerprint density at radius 1 is 1.69 bits per heavy atom. The number of ether oxygens (including phenoxy) is 1. The Morgan fingerprint density at radius 2 is 2.62 bits per heavy atom. The minimum atomic E-state index is 0.266. The molecule has 1 aliphatic heterocycles. The Hall–Kier alpha value is -1.39. The minimum Gasteiger partial charge on any atom is -0.500 e. The van der Waals surface area contributed by atoms with E-state index >= 15 is 0 Å². The van der Waals surface area contributed by atoms with Crippen molar-refractivity contribution in [2.45, 2.75) is 6.17 Å². The summed E-state index contributed by atoms with van der Waals surface area (Å²) >= 11 is 0. The largest absolute Gasteiger partial charge is 0.500 e. The Bertz CT molecular complexity index is 328. The summed E-state index contributed by atoms with van der Waals surface area (Å²) in [5.41, 5.74) is 1.21. The number of hydrogen-bond acceptors (Lipinski definition) is 4. The van der Waals surface area contributed by atoms with E-state index in [1.54, 1.807) is 6.20 Å². The van der Waals surface area contributed by atoms with Crippen LogP contribution in [0.5, 0.6) is 0 Å². The molecular formula is C12H17N3O. The molecule has 2 heterocycles. The van der Waals surface area contributed by atoms with E-state index in [2.05, 4.69) is 27.8 Å². The summed E-state index contributed by atoms with van der Waals surface area (Å²) in [6, 6.07) is 4.06. The fourth-order valence-corrected chi connectivity index (χ4v) is 1.96. The molecule has 0 aliphatic carbocycles. The van der Waals surface area contributed by atoms with Crippen molar-refractivity contribution < 1.29 is 4.74 Å². The number of pyridine rings is 1. The summed E-state index contributed by atoms with van der Waals surface area (Å²) < 4.78 is 5.16. The Morgan fingerprint density at radius 3 is 3.38 bits per heavy atom. The molecule has 0 aromatic carbocycles. The molecule has 1 aromatic heterocycles. The first-order chi connectivity index (χ1) is 7.92. The van der Waals surface area contributed by atoms with Gasteiger partial charge in [-0.2, -0.15) is 0 Å². The first-order valence-corrected chi connectivity index (χ1v) is 5.51. The van der Waals surface area contributed by atoms with Crippen LogP contribution in [0, 0.1) is 0 Å². The van der Waals surface area contributed by atoms with E-state index in [-0.39, 0.29) is 6.17 Å². The maximum atomic E-state index is 5.16. The average molecular weight is 219 g/mol. The van der Waals surface area contributed by atoms with Crippen molar-refractivity contribution in [1.29, 1.82) is 0 Å². The Balaban J connectivity index is 1.95. The summed E-state index contributed by atoms with van der Waals surface area (Å²) in [7, 11) is 0. The van der Waals surface area contributed by atoms with Crippen LogP contribution in [0.3, 0.4) is 0 Å². The molecule has 16 heavy (non-hydrogen) atoms. The molecular weight excluding hydrogens is 202 g/mol. The molecule has 1 saturated heterocycles. The Labute approximate surface area is 95.9 Å². The lowest BCUT2D eigenvalue weighted by Crippen LogP contribution is -2.30. The van der Waals surface area contributed by atoms with Gasteiger partial charge in [-0.05, 0) is 6.07 Å². The van der Waals surface area contributed by atoms with Crippen LogP contribution in [0.4, 0.5) is 0 Å². The van der Waals surface area contributed by atoms with Crippen LogP contribution in [-0.4, -0.2) is 36.1 Å². The summed E-state index contributed by atoms with van der Waals surface area (Å²) in [5.74, 6) is 0. The van der Waals surface area contributed by atoms with E-state index in [1.165, 1.54) is 11.8 Å². The van der Waals surface area contributed by atoms with Gasteiger partial charge in [0.25, 0.3) is 0 Å². The van der Waals surface area contributed by atoms with Gasteiger partial charge < -0.3 is 4.74 Å². The van der Waals surface area contributed by atoms with Gasteiger partial charge in [-0.1, -0.05) is 12.6 Å². The summed E-state index contributed by atoms with van der Waals surface area (Å²) in [5, 5.41) is 3.45. The van der Waals surface area contributed by atoms with Crippen LogP contribution >= 0.6 is 0 Å². The highest BCUT2D eigenvalue weighted by molar-refractivity contribution is 5.14. The number of nitrogens with zero attached hydrogens (tertiary/aromatic N) is 2. The maximum absolute atomic E-state index is 5.16. The van der Waals surface area contributed by atoms with Crippen LogP contribution in [-0.2, 0) is 4.74 Å². The molecule has 1 fully saturated rings. The molecule has 2 rings (SSSR count). The molecule has 0 spiro atoms. The van der Waals surface area contributed by atoms with E-state index in [1.807, 2.05) is 12.3 Å². The highest BCUT2D eigenvalue weighted by Gasteiger charge is 2.24. The summed E-state index contributed by atoms with van der Waals surface area (Å²) in [6.45, 7) is 7.17. The quantitative estimate of drug-likeness (QED) is 0.595. The number of nitrogens with one attached hydrogen (secondary N) is 1. The van der Waals surface area contributed by atoms with Gasteiger partial charge in [0.15, 0.2) is 0 Å². The number of rotatable bonds is 5. The lowest BCUT2D eigenvalue weighted by atomic mass is 10.2. The van der Waals surface area contributed by atoms with Gasteiger partial charge in [-0.15, -0.1) is 0 Å². The first-order valence-electron chi connectivity index (χ1n) is 5.51. The van der Waals surface area contributed by atoms with Gasteiger partial charge in [0, 0.05) is 37.6 Å². The third kappa shape index (κ3) is 2.59. The zero-order chi connectivity index (χ0) is 11.2. The van der Waals surface area contributed by atoms with Gasteiger partial charge in [0.1, 0.15) is 6.61 Å². The molecule has 86 valence electrons. The van der Waals surface area contributed by atoms with Gasteiger partial charge >= 0.3 is 0 Å². The number of hydrogen-bond donors (Lipinski definition) is 1. The third-order valence-corrected chi connectivity index (χ3v) is 2.72. The van der Waals surface area contributed by atoms with Crippen LogP contribution in [0.1, 0.15) is 11.7 Å². The minimum absolute atomic E-state index is 0.266. The van der Waals surface area contributed by atoms with Crippen molar-refractivity contribution in [3.8, 4) is 0 Å². The molecule has 0 bridgehead atoms. The van der Waals surface area contributed by atoms with Gasteiger partial charge in [-0.25, -0.2) is 0 Å². The maximum Gasteiger partial charge on any atom is 0.100 e. The number of aromatic nitrogens is 1. The lowest BCUT2D eigenvalue weighted by molar-refractivity contribution is 0.164. The van der Waals surface area contributed by atoms with E-state index in [4.69, 9.17) is 4.74 Å². The standard InChI is InChI=1S/C12H17N3O/c1-2-16-9-8-15-7-6-14-12(15)11-4-3-5-13-10-11/h2-5,10,12,14H,1,6-9H2. The van der Waals surface area contributed by atoms with Gasteiger partial charge in [0.05, 0.1) is 12.4 Å². The molecule has 1 aliphatic rings. The molecule has 1 aromatic rings. The van der Waals surface area contributed by atoms with Crippen LogP contribution in [0.25, 0.3) is 0 Å². The summed E-state index contributed by atoms with van der Waals surface area (Å²) in [4.78, 5) is 6.49. The SMILES string of the molecule is C=COCCN1CCNC1c1cccnc1. The van der Waals surface area contributed by atoms with Crippen molar-refractivity contribution in [2.24, 2.45) is 0 Å². The second-order valence-electron chi connectivity index (χ2n) is 3.72. The van der Waals surface area contributed by atoms with Gasteiger partial charge in [0.2, 0.25) is 0 Å². The Kier molecular flexibility index (Phi) is 3.91. The third-order valence-electron chi connectivity index (χ3n) is 2.72. The fraction of sp³-hybridized carbons (Fsp3) is 0.417. The monoisotopic (exact) mass is 219 g/mol. The van der Waals surface area contributed by atoms with Crippen LogP contribution in [0.2, 0.25) is 0 Å². The van der Waals surface area contributed by atoms with Crippen molar-refractivity contribution >= 4 is 0 Å². The van der Waals surface area contributed by atoms with E-state index < -0.39 is 0 Å². The molecule has 0 radical (unpaired) electrons. The van der Waals surface area contributed by atoms with E-state index in [9.17, 15) is 0 Å². The molecule has 1 unspecified atom stereocenters. The lowest BCUT2D eigenvalue weighted by Gasteiger charge is -2.23. The van der Waals surface area contributed by atoms with Crippen LogP contribution < -0.4 is 5.32 Å². The van der Waals surface area contributed by atoms with Crippen LogP contribution in [0.15, 0.2) is 37.4 Å². The zero-order valence-electron chi connectivity index (χ0n) is 9.30. The predicted octanol–water partition coefficient (Wildman–Crippen LogP) is 1.15. The van der Waals surface area contributed by atoms with Gasteiger partial charge in [-0.3, -0.25) is 15.2 Å². The molecule has 4 nitrogen and oxygen atoms in total. The second-order valence-corrected chi connectivity index (χ2v) is 3.72. The smallest absolute Gasteiger partial charge is 0.100 e. The van der Waals surface area contributed by atoms with E-state index in [0.29, 0.717) is 6.61 Å². The fourth-order valence-electron chi connectivity index (χ4n) is 1.96. The molecule has 1 N–H and O–H groups in total. The highest BCUT2D eigenvalue weighted by Crippen LogP contribution is 2.19. The van der Waals surface area contributed by atoms with E-state index in [0.717, 1.165) is 19.6 Å². The zero-order valence-corrected chi connectivity index (χ0v) is 9.30. The van der Waals surface area contributed by atoms with Crippen molar-refractivity contribution in [3.63, 3.8) is 0 Å². The average Bonchev–Trinajstić information content (AvgIpc) is 2.79.